The average Bonchev–Trinajstić information content (AvgIpc) is 2.91. The molecule has 1 saturated carbocycles. The molecule has 1 aromatic carbocycles. The highest BCUT2D eigenvalue weighted by Crippen LogP contribution is 2.45. The summed E-state index contributed by atoms with van der Waals surface area (Å²) in [5, 5.41) is 0.423. The molecule has 1 aromatic rings. The highest BCUT2D eigenvalue weighted by molar-refractivity contribution is 6.35. The predicted molar refractivity (Wildman–Crippen MR) is 92.1 cm³/mol. The summed E-state index contributed by atoms with van der Waals surface area (Å²) in [7, 11) is 0. The number of hydrogen-bond acceptors (Lipinski definition) is 7. The molecule has 4 rings (SSSR count). The van der Waals surface area contributed by atoms with Gasteiger partial charge in [-0.25, -0.2) is 9.79 Å². The van der Waals surface area contributed by atoms with E-state index in [0.717, 1.165) is 37.7 Å². The van der Waals surface area contributed by atoms with Crippen LogP contribution in [0.3, 0.4) is 0 Å². The van der Waals surface area contributed by atoms with E-state index in [4.69, 9.17) is 27.8 Å². The molecule has 0 saturated heterocycles. The van der Waals surface area contributed by atoms with Crippen molar-refractivity contribution in [1.82, 2.24) is 0 Å². The number of carbonyl (C=O) groups excluding carboxylic acids is 1. The number of guanidine groups is 2. The number of anilines is 1. The highest BCUT2D eigenvalue weighted by Gasteiger charge is 2.45. The van der Waals surface area contributed by atoms with Crippen molar-refractivity contribution in [2.45, 2.75) is 44.4 Å². The molecule has 0 unspecified atom stereocenters. The Morgan fingerprint density at radius 3 is 2.71 bits per heavy atom. The summed E-state index contributed by atoms with van der Waals surface area (Å²) in [5.74, 6) is -0.0277. The molecule has 0 amide bonds. The Morgan fingerprint density at radius 2 is 1.96 bits per heavy atom. The van der Waals surface area contributed by atoms with Crippen LogP contribution in [0.5, 0.6) is 0 Å². The summed E-state index contributed by atoms with van der Waals surface area (Å²) in [5.41, 5.74) is 13.2. The third-order valence-corrected chi connectivity index (χ3v) is 5.16. The van der Waals surface area contributed by atoms with Crippen molar-refractivity contribution in [3.63, 3.8) is 0 Å². The predicted octanol–water partition coefficient (Wildman–Crippen LogP) is 2.12. The standard InChI is InChI=1S/C16H18ClN5O2/c17-10-5-4-9-8-24-13(23)11(9)12(10)22-15(19)20-14(18)21-16(22)6-2-1-3-7-16/h4-5H,1-3,6-8H2,(H4,18,19,20,21). The van der Waals surface area contributed by atoms with Crippen molar-refractivity contribution >= 4 is 35.2 Å². The molecule has 4 N–H and O–H groups in total. The van der Waals surface area contributed by atoms with E-state index in [2.05, 4.69) is 9.98 Å². The number of ether oxygens (including phenoxy) is 1. The second kappa shape index (κ2) is 5.37. The summed E-state index contributed by atoms with van der Waals surface area (Å²) in [4.78, 5) is 22.8. The molecular formula is C16H18ClN5O2. The van der Waals surface area contributed by atoms with E-state index in [0.29, 0.717) is 16.3 Å². The molecule has 0 bridgehead atoms. The van der Waals surface area contributed by atoms with Crippen molar-refractivity contribution in [1.29, 1.82) is 0 Å². The molecule has 3 aliphatic rings. The molecule has 7 nitrogen and oxygen atoms in total. The molecule has 8 heteroatoms. The van der Waals surface area contributed by atoms with E-state index in [1.165, 1.54) is 0 Å². The minimum atomic E-state index is -0.643. The van der Waals surface area contributed by atoms with Gasteiger partial charge in [0.15, 0.2) is 0 Å². The first kappa shape index (κ1) is 15.3. The maximum Gasteiger partial charge on any atom is 0.341 e. The monoisotopic (exact) mass is 347 g/mol. The van der Waals surface area contributed by atoms with Gasteiger partial charge in [0.05, 0.1) is 16.3 Å². The third kappa shape index (κ3) is 2.15. The zero-order valence-corrected chi connectivity index (χ0v) is 13.8. The molecule has 0 atom stereocenters. The normalized spacial score (nSPS) is 22.0. The summed E-state index contributed by atoms with van der Waals surface area (Å²) in [6, 6.07) is 3.55. The van der Waals surface area contributed by atoms with E-state index < -0.39 is 11.6 Å². The Hall–Kier alpha value is -2.28. The molecule has 1 spiro atoms. The Labute approximate surface area is 144 Å². The van der Waals surface area contributed by atoms with E-state index in [1.54, 1.807) is 17.0 Å². The summed E-state index contributed by atoms with van der Waals surface area (Å²) in [6.45, 7) is 0.238. The zero-order chi connectivity index (χ0) is 16.9. The molecule has 0 radical (unpaired) electrons. The average molecular weight is 348 g/mol. The fourth-order valence-electron chi connectivity index (χ4n) is 3.83. The molecule has 1 fully saturated rings. The lowest BCUT2D eigenvalue weighted by Gasteiger charge is -2.46. The first-order chi connectivity index (χ1) is 11.5. The molecule has 1 aliphatic carbocycles. The molecule has 2 aliphatic heterocycles. The van der Waals surface area contributed by atoms with Gasteiger partial charge in [0, 0.05) is 5.56 Å². The molecule has 2 heterocycles. The number of halogens is 1. The van der Waals surface area contributed by atoms with Crippen molar-refractivity contribution in [2.24, 2.45) is 21.5 Å². The van der Waals surface area contributed by atoms with Crippen LogP contribution in [0.15, 0.2) is 22.1 Å². The van der Waals surface area contributed by atoms with Crippen LogP contribution in [0.2, 0.25) is 5.02 Å². The molecule has 0 aromatic heterocycles. The van der Waals surface area contributed by atoms with Gasteiger partial charge < -0.3 is 16.2 Å². The Bertz CT molecular complexity index is 783. The second-order valence-electron chi connectivity index (χ2n) is 6.32. The number of nitrogens with two attached hydrogens (primary N) is 2. The first-order valence-electron chi connectivity index (χ1n) is 8.00. The highest BCUT2D eigenvalue weighted by atomic mass is 35.5. The van der Waals surface area contributed by atoms with Gasteiger partial charge in [-0.3, -0.25) is 4.90 Å². The number of carbonyl (C=O) groups is 1. The fraction of sp³-hybridized carbons (Fsp3) is 0.438. The van der Waals surface area contributed by atoms with E-state index in [1.807, 2.05) is 0 Å². The minimum Gasteiger partial charge on any atom is -0.457 e. The number of fused-ring (bicyclic) bond motifs is 1. The Balaban J connectivity index is 1.93. The first-order valence-corrected chi connectivity index (χ1v) is 8.38. The van der Waals surface area contributed by atoms with Gasteiger partial charge >= 0.3 is 5.97 Å². The summed E-state index contributed by atoms with van der Waals surface area (Å²) in [6.07, 6.45) is 4.68. The SMILES string of the molecule is NC1=NC2(CCCCC2)N(c2c(Cl)ccc3c2C(=O)OC3)C(N)=N1. The number of hydrogen-bond donors (Lipinski definition) is 2. The van der Waals surface area contributed by atoms with Crippen LogP contribution in [0.1, 0.15) is 48.0 Å². The van der Waals surface area contributed by atoms with Crippen molar-refractivity contribution in [3.05, 3.63) is 28.3 Å². The van der Waals surface area contributed by atoms with Crippen LogP contribution < -0.4 is 16.4 Å². The smallest absolute Gasteiger partial charge is 0.341 e. The fourth-order valence-corrected chi connectivity index (χ4v) is 4.08. The van der Waals surface area contributed by atoms with Crippen LogP contribution in [-0.4, -0.2) is 23.6 Å². The van der Waals surface area contributed by atoms with Crippen molar-refractivity contribution in [3.8, 4) is 0 Å². The number of cyclic esters (lactones) is 1. The molecule has 126 valence electrons. The van der Waals surface area contributed by atoms with Crippen LogP contribution in [0, 0.1) is 0 Å². The lowest BCUT2D eigenvalue weighted by Crippen LogP contribution is -2.58. The van der Waals surface area contributed by atoms with Gasteiger partial charge in [-0.15, -0.1) is 0 Å². The minimum absolute atomic E-state index is 0.164. The van der Waals surface area contributed by atoms with Gasteiger partial charge in [-0.2, -0.15) is 4.99 Å². The van der Waals surface area contributed by atoms with Gasteiger partial charge in [0.2, 0.25) is 11.9 Å². The number of nitrogens with zero attached hydrogens (tertiary/aromatic N) is 3. The van der Waals surface area contributed by atoms with E-state index in [9.17, 15) is 4.79 Å². The van der Waals surface area contributed by atoms with Crippen molar-refractivity contribution < 1.29 is 9.53 Å². The largest absolute Gasteiger partial charge is 0.457 e. The molecule has 24 heavy (non-hydrogen) atoms. The number of benzene rings is 1. The van der Waals surface area contributed by atoms with Crippen LogP contribution >= 0.6 is 11.6 Å². The van der Waals surface area contributed by atoms with E-state index >= 15 is 0 Å². The van der Waals surface area contributed by atoms with Gasteiger partial charge in [-0.1, -0.05) is 24.1 Å². The van der Waals surface area contributed by atoms with Gasteiger partial charge in [0.25, 0.3) is 0 Å². The Morgan fingerprint density at radius 1 is 1.21 bits per heavy atom. The quantitative estimate of drug-likeness (QED) is 0.757. The van der Waals surface area contributed by atoms with Gasteiger partial charge in [0.1, 0.15) is 12.3 Å². The maximum absolute atomic E-state index is 12.3. The van der Waals surface area contributed by atoms with E-state index in [-0.39, 0.29) is 18.5 Å². The second-order valence-corrected chi connectivity index (χ2v) is 6.73. The van der Waals surface area contributed by atoms with Crippen LogP contribution in [0.25, 0.3) is 0 Å². The number of rotatable bonds is 1. The van der Waals surface area contributed by atoms with Gasteiger partial charge in [-0.05, 0) is 31.7 Å². The molecular weight excluding hydrogens is 330 g/mol. The number of aliphatic imine (C=N–C) groups is 2. The summed E-state index contributed by atoms with van der Waals surface area (Å²) >= 11 is 6.47. The Kier molecular flexibility index (Phi) is 3.42. The van der Waals surface area contributed by atoms with Crippen LogP contribution in [0.4, 0.5) is 5.69 Å². The summed E-state index contributed by atoms with van der Waals surface area (Å²) < 4.78 is 5.18. The van der Waals surface area contributed by atoms with Crippen LogP contribution in [-0.2, 0) is 11.3 Å². The van der Waals surface area contributed by atoms with Crippen molar-refractivity contribution in [2.75, 3.05) is 4.90 Å². The topological polar surface area (TPSA) is 106 Å². The zero-order valence-electron chi connectivity index (χ0n) is 13.1. The number of esters is 1. The lowest BCUT2D eigenvalue weighted by molar-refractivity contribution is 0.0535. The maximum atomic E-state index is 12.3. The third-order valence-electron chi connectivity index (χ3n) is 4.85. The lowest BCUT2D eigenvalue weighted by atomic mass is 9.86.